The molecule has 2 aromatic carbocycles. The number of benzene rings is 2. The molecule has 0 radical (unpaired) electrons. The number of likely N-dealkylation sites (tertiary alicyclic amines) is 1. The zero-order valence-electron chi connectivity index (χ0n) is 18.9. The SMILES string of the molecule is CCOC(O)C1(c2ccc(F)cc2)CCN(C(=O)N2CCN(c3ccc(F)cc3)CC2)CC1. The molecule has 33 heavy (non-hydrogen) atoms. The first-order valence-corrected chi connectivity index (χ1v) is 11.5. The summed E-state index contributed by atoms with van der Waals surface area (Å²) in [7, 11) is 0. The lowest BCUT2D eigenvalue weighted by atomic mass is 9.72. The van der Waals surface area contributed by atoms with E-state index >= 15 is 0 Å². The summed E-state index contributed by atoms with van der Waals surface area (Å²) >= 11 is 0. The molecule has 2 aromatic rings. The normalized spacial score (nSPS) is 19.5. The lowest BCUT2D eigenvalue weighted by Crippen LogP contribution is -2.57. The number of carbonyl (C=O) groups is 1. The maximum atomic E-state index is 13.5. The maximum absolute atomic E-state index is 13.5. The summed E-state index contributed by atoms with van der Waals surface area (Å²) in [4.78, 5) is 19.0. The van der Waals surface area contributed by atoms with Crippen molar-refractivity contribution < 1.29 is 23.4 Å². The van der Waals surface area contributed by atoms with E-state index in [-0.39, 0.29) is 17.7 Å². The molecular formula is C25H31F2N3O3. The van der Waals surface area contributed by atoms with Gasteiger partial charge in [-0.25, -0.2) is 13.6 Å². The smallest absolute Gasteiger partial charge is 0.320 e. The maximum Gasteiger partial charge on any atom is 0.320 e. The van der Waals surface area contributed by atoms with Gasteiger partial charge in [-0.15, -0.1) is 0 Å². The van der Waals surface area contributed by atoms with E-state index in [2.05, 4.69) is 4.90 Å². The molecule has 1 unspecified atom stereocenters. The largest absolute Gasteiger partial charge is 0.368 e. The predicted molar refractivity (Wildman–Crippen MR) is 122 cm³/mol. The molecule has 0 bridgehead atoms. The molecule has 2 amide bonds. The monoisotopic (exact) mass is 459 g/mol. The second-order valence-electron chi connectivity index (χ2n) is 8.69. The van der Waals surface area contributed by atoms with E-state index in [1.54, 1.807) is 24.3 Å². The third-order valence-corrected chi connectivity index (χ3v) is 6.88. The van der Waals surface area contributed by atoms with Gasteiger partial charge in [-0.2, -0.15) is 0 Å². The highest BCUT2D eigenvalue weighted by molar-refractivity contribution is 5.75. The van der Waals surface area contributed by atoms with Crippen LogP contribution in [0.2, 0.25) is 0 Å². The van der Waals surface area contributed by atoms with Crippen molar-refractivity contribution in [2.75, 3.05) is 50.8 Å². The van der Waals surface area contributed by atoms with Crippen molar-refractivity contribution in [3.05, 3.63) is 65.7 Å². The Hall–Kier alpha value is -2.71. The van der Waals surface area contributed by atoms with Gasteiger partial charge in [0.2, 0.25) is 0 Å². The van der Waals surface area contributed by atoms with Crippen molar-refractivity contribution in [1.29, 1.82) is 0 Å². The average molecular weight is 460 g/mol. The van der Waals surface area contributed by atoms with E-state index in [0.717, 1.165) is 11.3 Å². The van der Waals surface area contributed by atoms with Gasteiger partial charge in [0.1, 0.15) is 11.6 Å². The number of anilines is 1. The Kier molecular flexibility index (Phi) is 7.14. The van der Waals surface area contributed by atoms with Crippen molar-refractivity contribution in [1.82, 2.24) is 9.80 Å². The molecule has 0 spiro atoms. The van der Waals surface area contributed by atoms with Gasteiger partial charge < -0.3 is 24.5 Å². The van der Waals surface area contributed by atoms with Gasteiger partial charge in [0.25, 0.3) is 0 Å². The molecule has 2 fully saturated rings. The van der Waals surface area contributed by atoms with E-state index in [1.165, 1.54) is 24.3 Å². The van der Waals surface area contributed by atoms with Gasteiger partial charge in [0.05, 0.1) is 0 Å². The summed E-state index contributed by atoms with van der Waals surface area (Å²) in [6.07, 6.45) is 0.0341. The van der Waals surface area contributed by atoms with Crippen LogP contribution in [0.15, 0.2) is 48.5 Å². The number of carbonyl (C=O) groups excluding carboxylic acids is 1. The zero-order valence-corrected chi connectivity index (χ0v) is 18.9. The van der Waals surface area contributed by atoms with Crippen LogP contribution in [0.3, 0.4) is 0 Å². The number of piperidine rings is 1. The number of halogens is 2. The minimum atomic E-state index is -1.02. The molecule has 1 N–H and O–H groups in total. The van der Waals surface area contributed by atoms with E-state index < -0.39 is 11.7 Å². The highest BCUT2D eigenvalue weighted by atomic mass is 19.1. The van der Waals surface area contributed by atoms with Crippen molar-refractivity contribution in [2.24, 2.45) is 0 Å². The molecule has 4 rings (SSSR count). The first-order valence-electron chi connectivity index (χ1n) is 11.5. The molecule has 1 atom stereocenters. The van der Waals surface area contributed by atoms with E-state index in [1.807, 2.05) is 16.7 Å². The molecule has 178 valence electrons. The van der Waals surface area contributed by atoms with Crippen molar-refractivity contribution in [2.45, 2.75) is 31.5 Å². The number of piperazine rings is 1. The number of hydrogen-bond acceptors (Lipinski definition) is 4. The van der Waals surface area contributed by atoms with Gasteiger partial charge in [-0.3, -0.25) is 0 Å². The molecule has 2 heterocycles. The van der Waals surface area contributed by atoms with Crippen LogP contribution in [0.1, 0.15) is 25.3 Å². The van der Waals surface area contributed by atoms with Gasteiger partial charge in [0, 0.05) is 57.0 Å². The van der Waals surface area contributed by atoms with E-state index in [0.29, 0.717) is 58.7 Å². The molecule has 0 aromatic heterocycles. The Balaban J connectivity index is 1.38. The molecule has 0 aliphatic carbocycles. The Morgan fingerprint density at radius 2 is 1.42 bits per heavy atom. The van der Waals surface area contributed by atoms with Crippen LogP contribution in [-0.2, 0) is 10.2 Å². The second-order valence-corrected chi connectivity index (χ2v) is 8.69. The van der Waals surface area contributed by atoms with Crippen LogP contribution in [-0.4, -0.2) is 73.1 Å². The number of ether oxygens (including phenoxy) is 1. The Morgan fingerprint density at radius 3 is 1.97 bits per heavy atom. The van der Waals surface area contributed by atoms with E-state index in [9.17, 15) is 18.7 Å². The van der Waals surface area contributed by atoms with Gasteiger partial charge in [-0.05, 0) is 61.7 Å². The molecule has 6 nitrogen and oxygen atoms in total. The highest BCUT2D eigenvalue weighted by Crippen LogP contribution is 2.39. The molecule has 2 saturated heterocycles. The van der Waals surface area contributed by atoms with Crippen LogP contribution in [0.25, 0.3) is 0 Å². The number of hydrogen-bond donors (Lipinski definition) is 1. The fraction of sp³-hybridized carbons (Fsp3) is 0.480. The summed E-state index contributed by atoms with van der Waals surface area (Å²) in [5.41, 5.74) is 1.10. The van der Waals surface area contributed by atoms with Crippen LogP contribution < -0.4 is 4.90 Å². The third kappa shape index (κ3) is 4.96. The topological polar surface area (TPSA) is 56.3 Å². The van der Waals surface area contributed by atoms with Gasteiger partial charge in [-0.1, -0.05) is 12.1 Å². The number of aliphatic hydroxyl groups excluding tert-OH is 1. The minimum Gasteiger partial charge on any atom is -0.368 e. The first-order chi connectivity index (χ1) is 15.9. The number of rotatable bonds is 5. The summed E-state index contributed by atoms with van der Waals surface area (Å²) in [6.45, 7) is 5.73. The van der Waals surface area contributed by atoms with Gasteiger partial charge in [0.15, 0.2) is 6.29 Å². The fourth-order valence-electron chi connectivity index (χ4n) is 4.88. The third-order valence-electron chi connectivity index (χ3n) is 6.88. The lowest BCUT2D eigenvalue weighted by Gasteiger charge is -2.46. The van der Waals surface area contributed by atoms with E-state index in [4.69, 9.17) is 4.74 Å². The second kappa shape index (κ2) is 10.1. The number of urea groups is 1. The molecule has 0 saturated carbocycles. The lowest BCUT2D eigenvalue weighted by molar-refractivity contribution is -0.155. The van der Waals surface area contributed by atoms with Crippen LogP contribution in [0.4, 0.5) is 19.3 Å². The summed E-state index contributed by atoms with van der Waals surface area (Å²) in [6, 6.07) is 12.6. The standard InChI is InChI=1S/C25H31F2N3O3/c1-2-33-23(31)25(19-3-5-20(26)6-4-19)11-13-29(14-12-25)24(32)30-17-15-28(16-18-30)22-9-7-21(27)8-10-22/h3-10,23,31H,2,11-18H2,1H3. The Morgan fingerprint density at radius 1 is 0.909 bits per heavy atom. The number of amides is 2. The van der Waals surface area contributed by atoms with Crippen molar-refractivity contribution in [3.8, 4) is 0 Å². The average Bonchev–Trinajstić information content (AvgIpc) is 2.85. The molecule has 2 aliphatic heterocycles. The molecule has 2 aliphatic rings. The summed E-state index contributed by atoms with van der Waals surface area (Å²) < 4.78 is 32.2. The first kappa shape index (κ1) is 23.4. The molecular weight excluding hydrogens is 428 g/mol. The van der Waals surface area contributed by atoms with Crippen LogP contribution in [0, 0.1) is 11.6 Å². The summed E-state index contributed by atoms with van der Waals surface area (Å²) in [5, 5.41) is 10.8. The number of nitrogens with zero attached hydrogens (tertiary/aromatic N) is 3. The Bertz CT molecular complexity index is 923. The fourth-order valence-corrected chi connectivity index (χ4v) is 4.88. The van der Waals surface area contributed by atoms with Gasteiger partial charge >= 0.3 is 6.03 Å². The van der Waals surface area contributed by atoms with Crippen molar-refractivity contribution in [3.63, 3.8) is 0 Å². The minimum absolute atomic E-state index is 0.00707. The van der Waals surface area contributed by atoms with Crippen molar-refractivity contribution >= 4 is 11.7 Å². The quantitative estimate of drug-likeness (QED) is 0.695. The zero-order chi connectivity index (χ0) is 23.4. The number of aliphatic hydroxyl groups is 1. The van der Waals surface area contributed by atoms with Crippen LogP contribution >= 0.6 is 0 Å². The molecule has 8 heteroatoms. The predicted octanol–water partition coefficient (Wildman–Crippen LogP) is 3.60. The van der Waals surface area contributed by atoms with Crippen LogP contribution in [0.5, 0.6) is 0 Å². The summed E-state index contributed by atoms with van der Waals surface area (Å²) in [5.74, 6) is -0.587. The highest BCUT2D eigenvalue weighted by Gasteiger charge is 2.44. The Labute approximate surface area is 193 Å².